The van der Waals surface area contributed by atoms with Crippen molar-refractivity contribution < 1.29 is 9.59 Å². The molecule has 1 heterocycles. The molecule has 1 aromatic heterocycles. The van der Waals surface area contributed by atoms with Crippen molar-refractivity contribution >= 4 is 34.9 Å². The molecule has 130 valence electrons. The highest BCUT2D eigenvalue weighted by Gasteiger charge is 2.15. The van der Waals surface area contributed by atoms with Gasteiger partial charge in [0.05, 0.1) is 0 Å². The average Bonchev–Trinajstić information content (AvgIpc) is 3.15. The van der Waals surface area contributed by atoms with Gasteiger partial charge in [0.15, 0.2) is 0 Å². The molecule has 0 bridgehead atoms. The first-order valence-corrected chi connectivity index (χ1v) is 8.99. The van der Waals surface area contributed by atoms with E-state index >= 15 is 0 Å². The van der Waals surface area contributed by atoms with Gasteiger partial charge in [0.1, 0.15) is 5.70 Å². The lowest BCUT2D eigenvalue weighted by Crippen LogP contribution is -2.30. The predicted octanol–water partition coefficient (Wildman–Crippen LogP) is 4.47. The Balaban J connectivity index is 1.82. The lowest BCUT2D eigenvalue weighted by molar-refractivity contribution is -0.113. The number of hydrogen-bond donors (Lipinski definition) is 2. The first kappa shape index (κ1) is 17.6. The second-order valence-electron chi connectivity index (χ2n) is 5.71. The lowest BCUT2D eigenvalue weighted by Gasteiger charge is -2.11. The molecule has 0 aliphatic rings. The topological polar surface area (TPSA) is 58.2 Å². The molecule has 0 aliphatic carbocycles. The number of hydrogen-bond acceptors (Lipinski definition) is 3. The van der Waals surface area contributed by atoms with Crippen molar-refractivity contribution in [3.05, 3.63) is 93.8 Å². The summed E-state index contributed by atoms with van der Waals surface area (Å²) in [7, 11) is 0. The van der Waals surface area contributed by atoms with Crippen molar-refractivity contribution in [2.75, 3.05) is 5.32 Å². The molecule has 0 spiro atoms. The molecule has 0 saturated heterocycles. The molecular weight excluding hydrogens is 344 g/mol. The van der Waals surface area contributed by atoms with E-state index in [1.807, 2.05) is 54.8 Å². The second kappa shape index (κ2) is 8.27. The van der Waals surface area contributed by atoms with Gasteiger partial charge < -0.3 is 10.6 Å². The third-order valence-corrected chi connectivity index (χ3v) is 4.49. The van der Waals surface area contributed by atoms with Crippen molar-refractivity contribution in [3.8, 4) is 0 Å². The smallest absolute Gasteiger partial charge is 0.272 e. The maximum atomic E-state index is 12.7. The van der Waals surface area contributed by atoms with Crippen molar-refractivity contribution in [1.82, 2.24) is 5.32 Å². The molecule has 0 atom stereocenters. The fraction of sp³-hybridized carbons (Fsp3) is 0.0476. The van der Waals surface area contributed by atoms with E-state index in [0.29, 0.717) is 11.3 Å². The molecule has 2 aromatic carbocycles. The molecule has 26 heavy (non-hydrogen) atoms. The van der Waals surface area contributed by atoms with E-state index < -0.39 is 0 Å². The van der Waals surface area contributed by atoms with Gasteiger partial charge in [0, 0.05) is 16.1 Å². The first-order valence-electron chi connectivity index (χ1n) is 8.11. The Hall–Kier alpha value is -3.18. The summed E-state index contributed by atoms with van der Waals surface area (Å²) in [5.74, 6) is -0.693. The zero-order valence-electron chi connectivity index (χ0n) is 14.2. The maximum Gasteiger partial charge on any atom is 0.272 e. The number of thiophene rings is 1. The molecule has 4 nitrogen and oxygen atoms in total. The summed E-state index contributed by atoms with van der Waals surface area (Å²) in [6.07, 6.45) is 1.68. The van der Waals surface area contributed by atoms with Crippen LogP contribution in [0.4, 0.5) is 5.69 Å². The summed E-state index contributed by atoms with van der Waals surface area (Å²) in [4.78, 5) is 26.1. The van der Waals surface area contributed by atoms with Crippen molar-refractivity contribution in [3.63, 3.8) is 0 Å². The summed E-state index contributed by atoms with van der Waals surface area (Å²) in [6, 6.07) is 20.1. The normalized spacial score (nSPS) is 11.0. The van der Waals surface area contributed by atoms with Crippen molar-refractivity contribution in [1.29, 1.82) is 0 Å². The lowest BCUT2D eigenvalue weighted by atomic mass is 10.1. The maximum absolute atomic E-state index is 12.7. The van der Waals surface area contributed by atoms with E-state index in [1.54, 1.807) is 30.3 Å². The molecule has 3 aromatic rings. The first-order chi connectivity index (χ1) is 12.6. The van der Waals surface area contributed by atoms with Crippen molar-refractivity contribution in [2.24, 2.45) is 0 Å². The van der Waals surface area contributed by atoms with E-state index in [1.165, 1.54) is 11.3 Å². The van der Waals surface area contributed by atoms with Gasteiger partial charge in [0.25, 0.3) is 11.8 Å². The quantitative estimate of drug-likeness (QED) is 0.658. The number of benzene rings is 2. The Kier molecular flexibility index (Phi) is 5.61. The van der Waals surface area contributed by atoms with Crippen LogP contribution in [0.25, 0.3) is 6.08 Å². The number of rotatable bonds is 5. The molecule has 5 heteroatoms. The molecule has 2 N–H and O–H groups in total. The highest BCUT2D eigenvalue weighted by Crippen LogP contribution is 2.15. The standard InChI is InChI=1S/C21H18N2O2S/c1-15-9-11-16(12-10-15)20(24)23-19(14-18-8-5-13-26-18)21(25)22-17-6-3-2-4-7-17/h2-14H,1H3,(H,22,25)(H,23,24)/b19-14-. The van der Waals surface area contributed by atoms with Crippen LogP contribution in [0.5, 0.6) is 0 Å². The number of carbonyl (C=O) groups is 2. The van der Waals surface area contributed by atoms with Gasteiger partial charge in [-0.3, -0.25) is 9.59 Å². The van der Waals surface area contributed by atoms with E-state index in [4.69, 9.17) is 0 Å². The number of nitrogens with one attached hydrogen (secondary N) is 2. The Morgan fingerprint density at radius 3 is 2.31 bits per heavy atom. The highest BCUT2D eigenvalue weighted by atomic mass is 32.1. The third-order valence-electron chi connectivity index (χ3n) is 3.67. The highest BCUT2D eigenvalue weighted by molar-refractivity contribution is 7.10. The molecular formula is C21H18N2O2S. The average molecular weight is 362 g/mol. The van der Waals surface area contributed by atoms with Gasteiger partial charge >= 0.3 is 0 Å². The van der Waals surface area contributed by atoms with Gasteiger partial charge in [-0.2, -0.15) is 0 Å². The fourth-order valence-electron chi connectivity index (χ4n) is 2.29. The minimum absolute atomic E-state index is 0.196. The van der Waals surface area contributed by atoms with Crippen LogP contribution in [0.2, 0.25) is 0 Å². The van der Waals surface area contributed by atoms with Crippen LogP contribution in [0, 0.1) is 6.92 Å². The summed E-state index contributed by atoms with van der Waals surface area (Å²) in [5.41, 5.74) is 2.43. The van der Waals surface area contributed by atoms with Gasteiger partial charge in [-0.05, 0) is 48.7 Å². The van der Waals surface area contributed by atoms with E-state index in [2.05, 4.69) is 10.6 Å². The van der Waals surface area contributed by atoms with Crippen LogP contribution in [0.1, 0.15) is 20.8 Å². The van der Waals surface area contributed by atoms with E-state index in [-0.39, 0.29) is 17.5 Å². The Bertz CT molecular complexity index is 914. The van der Waals surface area contributed by atoms with Crippen LogP contribution in [0.15, 0.2) is 77.8 Å². The number of aryl methyl sites for hydroxylation is 1. The number of anilines is 1. The predicted molar refractivity (Wildman–Crippen MR) is 106 cm³/mol. The zero-order chi connectivity index (χ0) is 18.4. The van der Waals surface area contributed by atoms with E-state index in [9.17, 15) is 9.59 Å². The van der Waals surface area contributed by atoms with Gasteiger partial charge in [-0.15, -0.1) is 11.3 Å². The molecule has 0 unspecified atom stereocenters. The van der Waals surface area contributed by atoms with Crippen LogP contribution < -0.4 is 10.6 Å². The van der Waals surface area contributed by atoms with Crippen LogP contribution >= 0.6 is 11.3 Å². The minimum Gasteiger partial charge on any atom is -0.321 e. The Morgan fingerprint density at radius 2 is 1.65 bits per heavy atom. The molecule has 0 aliphatic heterocycles. The van der Waals surface area contributed by atoms with E-state index in [0.717, 1.165) is 10.4 Å². The van der Waals surface area contributed by atoms with Crippen LogP contribution in [-0.2, 0) is 4.79 Å². The zero-order valence-corrected chi connectivity index (χ0v) is 15.0. The monoisotopic (exact) mass is 362 g/mol. The molecule has 3 rings (SSSR count). The molecule has 0 saturated carbocycles. The van der Waals surface area contributed by atoms with Gasteiger partial charge in [-0.25, -0.2) is 0 Å². The SMILES string of the molecule is Cc1ccc(C(=O)N/C(=C\c2cccs2)C(=O)Nc2ccccc2)cc1. The van der Waals surface area contributed by atoms with Gasteiger partial charge in [0.2, 0.25) is 0 Å². The van der Waals surface area contributed by atoms with Crippen LogP contribution in [-0.4, -0.2) is 11.8 Å². The number of carbonyl (C=O) groups excluding carboxylic acids is 2. The summed E-state index contributed by atoms with van der Waals surface area (Å²) >= 11 is 1.49. The van der Waals surface area contributed by atoms with Crippen molar-refractivity contribution in [2.45, 2.75) is 6.92 Å². The molecule has 2 amide bonds. The fourth-order valence-corrected chi connectivity index (χ4v) is 2.95. The summed E-state index contributed by atoms with van der Waals surface area (Å²) in [5, 5.41) is 7.45. The Morgan fingerprint density at radius 1 is 0.923 bits per heavy atom. The number of amides is 2. The largest absolute Gasteiger partial charge is 0.321 e. The summed E-state index contributed by atoms with van der Waals surface area (Å²) < 4.78 is 0. The van der Waals surface area contributed by atoms with Gasteiger partial charge in [-0.1, -0.05) is 42.0 Å². The molecule has 0 radical (unpaired) electrons. The number of para-hydroxylation sites is 1. The Labute approximate surface area is 156 Å². The molecule has 0 fully saturated rings. The third kappa shape index (κ3) is 4.68. The summed E-state index contributed by atoms with van der Waals surface area (Å²) in [6.45, 7) is 1.96. The minimum atomic E-state index is -0.370. The second-order valence-corrected chi connectivity index (χ2v) is 6.69. The van der Waals surface area contributed by atoms with Crippen LogP contribution in [0.3, 0.4) is 0 Å².